The number of rotatable bonds is 4. The Kier molecular flexibility index (Phi) is 3.83. The summed E-state index contributed by atoms with van der Waals surface area (Å²) in [7, 11) is 0. The number of ether oxygens (including phenoxy) is 1. The summed E-state index contributed by atoms with van der Waals surface area (Å²) in [5.41, 5.74) is 1.85. The van der Waals surface area contributed by atoms with E-state index in [1.54, 1.807) is 0 Å². The number of aromatic nitrogens is 1. The molecule has 20 heavy (non-hydrogen) atoms. The third-order valence-corrected chi connectivity index (χ3v) is 3.49. The molecule has 0 saturated carbocycles. The molecule has 0 N–H and O–H groups in total. The van der Waals surface area contributed by atoms with Crippen molar-refractivity contribution in [2.75, 3.05) is 0 Å². The predicted octanol–water partition coefficient (Wildman–Crippen LogP) is 4.68. The van der Waals surface area contributed by atoms with Crippen molar-refractivity contribution >= 4 is 15.9 Å². The first-order valence-electron chi connectivity index (χ1n) is 6.21. The largest absolute Gasteiger partial charge is 0.484 e. The highest BCUT2D eigenvalue weighted by atomic mass is 79.9. The summed E-state index contributed by atoms with van der Waals surface area (Å²) < 4.78 is 11.9. The Labute approximate surface area is 125 Å². The molecular formula is C16H12BrNO2. The van der Waals surface area contributed by atoms with Gasteiger partial charge in [0, 0.05) is 11.6 Å². The standard InChI is InChI=1S/C16H12BrNO2/c17-14-8-4-5-9-16(14)19-11-13-10-15(18-20-13)12-6-2-1-3-7-12/h1-10H,11H2. The lowest BCUT2D eigenvalue weighted by atomic mass is 10.1. The lowest BCUT2D eigenvalue weighted by molar-refractivity contribution is 0.248. The van der Waals surface area contributed by atoms with Gasteiger partial charge < -0.3 is 9.26 Å². The summed E-state index contributed by atoms with van der Waals surface area (Å²) in [5, 5.41) is 4.05. The molecule has 100 valence electrons. The first-order chi connectivity index (χ1) is 9.83. The average molecular weight is 330 g/mol. The van der Waals surface area contributed by atoms with Crippen LogP contribution in [0.3, 0.4) is 0 Å². The molecule has 2 aromatic carbocycles. The molecule has 0 fully saturated rings. The Bertz CT molecular complexity index is 694. The molecule has 0 atom stereocenters. The number of nitrogens with zero attached hydrogens (tertiary/aromatic N) is 1. The Hall–Kier alpha value is -2.07. The topological polar surface area (TPSA) is 35.3 Å². The van der Waals surface area contributed by atoms with Crippen molar-refractivity contribution < 1.29 is 9.26 Å². The first kappa shape index (κ1) is 12.9. The molecule has 4 heteroatoms. The van der Waals surface area contributed by atoms with Crippen LogP contribution in [0.15, 0.2) is 69.7 Å². The maximum Gasteiger partial charge on any atom is 0.174 e. The van der Waals surface area contributed by atoms with Gasteiger partial charge in [-0.1, -0.05) is 47.6 Å². The molecule has 0 aliphatic carbocycles. The highest BCUT2D eigenvalue weighted by Crippen LogP contribution is 2.25. The van der Waals surface area contributed by atoms with Crippen LogP contribution in [-0.4, -0.2) is 5.16 Å². The molecule has 1 heterocycles. The summed E-state index contributed by atoms with van der Waals surface area (Å²) in [6.07, 6.45) is 0. The molecule has 1 aromatic heterocycles. The summed E-state index contributed by atoms with van der Waals surface area (Å²) in [5.74, 6) is 1.48. The fourth-order valence-electron chi connectivity index (χ4n) is 1.84. The molecule has 0 amide bonds. The van der Waals surface area contributed by atoms with Crippen molar-refractivity contribution in [3.63, 3.8) is 0 Å². The van der Waals surface area contributed by atoms with E-state index in [1.807, 2.05) is 60.7 Å². The van der Waals surface area contributed by atoms with Crippen LogP contribution in [0.4, 0.5) is 0 Å². The van der Waals surface area contributed by atoms with Crippen LogP contribution < -0.4 is 4.74 Å². The highest BCUT2D eigenvalue weighted by Gasteiger charge is 2.07. The van der Waals surface area contributed by atoms with Gasteiger partial charge in [-0.15, -0.1) is 0 Å². The van der Waals surface area contributed by atoms with E-state index in [4.69, 9.17) is 9.26 Å². The third-order valence-electron chi connectivity index (χ3n) is 2.84. The monoisotopic (exact) mass is 329 g/mol. The number of para-hydroxylation sites is 1. The van der Waals surface area contributed by atoms with Crippen molar-refractivity contribution in [1.29, 1.82) is 0 Å². The number of hydrogen-bond donors (Lipinski definition) is 0. The quantitative estimate of drug-likeness (QED) is 0.696. The number of benzene rings is 2. The van der Waals surface area contributed by atoms with Crippen LogP contribution in [0.25, 0.3) is 11.3 Å². The van der Waals surface area contributed by atoms with Crippen LogP contribution in [0.1, 0.15) is 5.76 Å². The van der Waals surface area contributed by atoms with Gasteiger partial charge in [-0.05, 0) is 28.1 Å². The van der Waals surface area contributed by atoms with Gasteiger partial charge >= 0.3 is 0 Å². The summed E-state index contributed by atoms with van der Waals surface area (Å²) in [6, 6.07) is 19.5. The Morgan fingerprint density at radius 3 is 2.55 bits per heavy atom. The third kappa shape index (κ3) is 2.91. The van der Waals surface area contributed by atoms with Gasteiger partial charge in [0.2, 0.25) is 0 Å². The molecular weight excluding hydrogens is 318 g/mol. The molecule has 0 aliphatic heterocycles. The molecule has 0 saturated heterocycles. The molecule has 3 aromatic rings. The lowest BCUT2D eigenvalue weighted by Crippen LogP contribution is -1.94. The summed E-state index contributed by atoms with van der Waals surface area (Å²) in [6.45, 7) is 0.350. The smallest absolute Gasteiger partial charge is 0.174 e. The summed E-state index contributed by atoms with van der Waals surface area (Å²) >= 11 is 3.44. The Balaban J connectivity index is 1.71. The molecule has 0 radical (unpaired) electrons. The molecule has 3 rings (SSSR count). The van der Waals surface area contributed by atoms with Crippen LogP contribution in [0.5, 0.6) is 5.75 Å². The minimum atomic E-state index is 0.350. The molecule has 0 bridgehead atoms. The van der Waals surface area contributed by atoms with Crippen molar-refractivity contribution in [2.45, 2.75) is 6.61 Å². The predicted molar refractivity (Wildman–Crippen MR) is 80.4 cm³/mol. The van der Waals surface area contributed by atoms with Crippen LogP contribution in [0.2, 0.25) is 0 Å². The first-order valence-corrected chi connectivity index (χ1v) is 7.00. The van der Waals surface area contributed by atoms with E-state index in [-0.39, 0.29) is 0 Å². The fraction of sp³-hybridized carbons (Fsp3) is 0.0625. The number of halogens is 1. The van der Waals surface area contributed by atoms with E-state index in [0.717, 1.165) is 21.5 Å². The van der Waals surface area contributed by atoms with Crippen molar-refractivity contribution in [1.82, 2.24) is 5.16 Å². The van der Waals surface area contributed by atoms with E-state index in [2.05, 4.69) is 21.1 Å². The van der Waals surface area contributed by atoms with Crippen LogP contribution >= 0.6 is 15.9 Å². The second-order valence-electron chi connectivity index (χ2n) is 4.26. The molecule has 0 unspecified atom stereocenters. The van der Waals surface area contributed by atoms with E-state index >= 15 is 0 Å². The lowest BCUT2D eigenvalue weighted by Gasteiger charge is -2.04. The maximum atomic E-state index is 5.69. The normalized spacial score (nSPS) is 10.4. The van der Waals surface area contributed by atoms with Gasteiger partial charge in [0.15, 0.2) is 5.76 Å². The number of hydrogen-bond acceptors (Lipinski definition) is 3. The zero-order valence-electron chi connectivity index (χ0n) is 10.6. The van der Waals surface area contributed by atoms with Gasteiger partial charge in [-0.25, -0.2) is 0 Å². The van der Waals surface area contributed by atoms with E-state index in [0.29, 0.717) is 12.4 Å². The highest BCUT2D eigenvalue weighted by molar-refractivity contribution is 9.10. The molecule has 0 spiro atoms. The van der Waals surface area contributed by atoms with Gasteiger partial charge in [0.05, 0.1) is 4.47 Å². The van der Waals surface area contributed by atoms with Gasteiger partial charge in [0.25, 0.3) is 0 Å². The van der Waals surface area contributed by atoms with E-state index in [1.165, 1.54) is 0 Å². The SMILES string of the molecule is Brc1ccccc1OCc1cc(-c2ccccc2)no1. The minimum absolute atomic E-state index is 0.350. The summed E-state index contributed by atoms with van der Waals surface area (Å²) in [4.78, 5) is 0. The Morgan fingerprint density at radius 1 is 1.00 bits per heavy atom. The van der Waals surface area contributed by atoms with Crippen LogP contribution in [0, 0.1) is 0 Å². The van der Waals surface area contributed by atoms with Crippen molar-refractivity contribution in [3.8, 4) is 17.0 Å². The molecule has 0 aliphatic rings. The minimum Gasteiger partial charge on any atom is -0.484 e. The van der Waals surface area contributed by atoms with Gasteiger partial charge in [-0.2, -0.15) is 0 Å². The zero-order chi connectivity index (χ0) is 13.8. The van der Waals surface area contributed by atoms with Crippen molar-refractivity contribution in [3.05, 3.63) is 70.9 Å². The van der Waals surface area contributed by atoms with E-state index in [9.17, 15) is 0 Å². The average Bonchev–Trinajstić information content (AvgIpc) is 2.96. The molecule has 3 nitrogen and oxygen atoms in total. The van der Waals surface area contributed by atoms with Crippen LogP contribution in [-0.2, 0) is 6.61 Å². The maximum absolute atomic E-state index is 5.69. The Morgan fingerprint density at radius 2 is 1.75 bits per heavy atom. The van der Waals surface area contributed by atoms with E-state index < -0.39 is 0 Å². The van der Waals surface area contributed by atoms with Gasteiger partial charge in [0.1, 0.15) is 18.1 Å². The second-order valence-corrected chi connectivity index (χ2v) is 5.12. The fourth-order valence-corrected chi connectivity index (χ4v) is 2.24. The van der Waals surface area contributed by atoms with Gasteiger partial charge in [-0.3, -0.25) is 0 Å². The van der Waals surface area contributed by atoms with Crippen molar-refractivity contribution in [2.24, 2.45) is 0 Å². The zero-order valence-corrected chi connectivity index (χ0v) is 12.2. The second kappa shape index (κ2) is 5.92.